The average Bonchev–Trinajstić information content (AvgIpc) is 2.97. The van der Waals surface area contributed by atoms with E-state index in [1.807, 2.05) is 18.2 Å². The highest BCUT2D eigenvalue weighted by molar-refractivity contribution is 5.43. The molecule has 1 saturated heterocycles. The summed E-state index contributed by atoms with van der Waals surface area (Å²) in [5.74, 6) is 2.47. The molecule has 20 heavy (non-hydrogen) atoms. The Morgan fingerprint density at radius 2 is 2.05 bits per heavy atom. The Balaban J connectivity index is 1.42. The van der Waals surface area contributed by atoms with Crippen molar-refractivity contribution in [2.75, 3.05) is 32.0 Å². The van der Waals surface area contributed by atoms with Crippen molar-refractivity contribution in [3.05, 3.63) is 24.3 Å². The van der Waals surface area contributed by atoms with Crippen LogP contribution in [0.1, 0.15) is 19.3 Å². The van der Waals surface area contributed by atoms with Crippen molar-refractivity contribution in [2.45, 2.75) is 25.4 Å². The van der Waals surface area contributed by atoms with Crippen molar-refractivity contribution in [1.82, 2.24) is 4.90 Å². The Kier molecular flexibility index (Phi) is 4.13. The second-order valence-electron chi connectivity index (χ2n) is 6.21. The van der Waals surface area contributed by atoms with E-state index in [0.29, 0.717) is 12.3 Å². The number of anilines is 1. The second kappa shape index (κ2) is 6.02. The zero-order valence-electron chi connectivity index (χ0n) is 11.9. The summed E-state index contributed by atoms with van der Waals surface area (Å²) in [6, 6.07) is 7.33. The number of β-amino-alcohol motifs (C(OH)–C–C–N with tert-alkyl or cyclic N) is 1. The number of aliphatic hydroxyl groups excluding tert-OH is 1. The highest BCUT2D eigenvalue weighted by Crippen LogP contribution is 2.37. The van der Waals surface area contributed by atoms with Gasteiger partial charge in [0.15, 0.2) is 0 Å². The minimum Gasteiger partial charge on any atom is -0.491 e. The highest BCUT2D eigenvalue weighted by atomic mass is 16.5. The lowest BCUT2D eigenvalue weighted by Crippen LogP contribution is -2.34. The molecule has 1 heterocycles. The first-order valence-corrected chi connectivity index (χ1v) is 7.59. The van der Waals surface area contributed by atoms with Crippen LogP contribution in [-0.4, -0.2) is 42.4 Å². The maximum absolute atomic E-state index is 10.1. The van der Waals surface area contributed by atoms with Gasteiger partial charge in [0.25, 0.3) is 0 Å². The number of nitrogen functional groups attached to an aromatic ring is 1. The highest BCUT2D eigenvalue weighted by Gasteiger charge is 2.36. The first-order chi connectivity index (χ1) is 9.70. The van der Waals surface area contributed by atoms with Crippen LogP contribution in [0.3, 0.4) is 0 Å². The van der Waals surface area contributed by atoms with Crippen LogP contribution in [0.15, 0.2) is 24.3 Å². The number of aliphatic hydroxyl groups is 1. The Morgan fingerprint density at radius 3 is 2.75 bits per heavy atom. The Bertz CT molecular complexity index is 440. The third-order valence-electron chi connectivity index (χ3n) is 4.57. The van der Waals surface area contributed by atoms with Crippen LogP contribution < -0.4 is 10.5 Å². The molecule has 2 fully saturated rings. The van der Waals surface area contributed by atoms with Crippen molar-refractivity contribution >= 4 is 5.69 Å². The van der Waals surface area contributed by atoms with Gasteiger partial charge in [-0.05, 0) is 36.8 Å². The van der Waals surface area contributed by atoms with Gasteiger partial charge in [-0.1, -0.05) is 12.5 Å². The summed E-state index contributed by atoms with van der Waals surface area (Å²) < 4.78 is 5.60. The number of likely N-dealkylation sites (tertiary alicyclic amines) is 1. The number of hydrogen-bond donors (Lipinski definition) is 2. The molecular formula is C16H24N2O2. The van der Waals surface area contributed by atoms with Gasteiger partial charge in [-0.15, -0.1) is 0 Å². The minimum absolute atomic E-state index is 0.329. The number of hydrogen-bond acceptors (Lipinski definition) is 4. The van der Waals surface area contributed by atoms with Crippen LogP contribution in [-0.2, 0) is 0 Å². The molecule has 1 aromatic carbocycles. The van der Waals surface area contributed by atoms with Gasteiger partial charge in [0.05, 0.1) is 0 Å². The molecule has 2 aliphatic rings. The van der Waals surface area contributed by atoms with Gasteiger partial charge >= 0.3 is 0 Å². The van der Waals surface area contributed by atoms with Crippen molar-refractivity contribution in [3.63, 3.8) is 0 Å². The molecule has 4 nitrogen and oxygen atoms in total. The fourth-order valence-electron chi connectivity index (χ4n) is 3.63. The fraction of sp³-hybridized carbons (Fsp3) is 0.625. The largest absolute Gasteiger partial charge is 0.491 e. The SMILES string of the molecule is Nc1cccc(OCC(O)CN2CC3CCCC3C2)c1. The summed E-state index contributed by atoms with van der Waals surface area (Å²) in [5.41, 5.74) is 6.38. The summed E-state index contributed by atoms with van der Waals surface area (Å²) >= 11 is 0. The molecule has 1 aliphatic heterocycles. The molecule has 0 aromatic heterocycles. The van der Waals surface area contributed by atoms with Crippen LogP contribution in [0.2, 0.25) is 0 Å². The van der Waals surface area contributed by atoms with E-state index in [-0.39, 0.29) is 0 Å². The smallest absolute Gasteiger partial charge is 0.121 e. The number of benzene rings is 1. The van der Waals surface area contributed by atoms with Crippen molar-refractivity contribution in [1.29, 1.82) is 0 Å². The molecule has 1 aliphatic carbocycles. The van der Waals surface area contributed by atoms with Crippen molar-refractivity contribution < 1.29 is 9.84 Å². The van der Waals surface area contributed by atoms with Crippen molar-refractivity contribution in [2.24, 2.45) is 11.8 Å². The summed E-state index contributed by atoms with van der Waals surface area (Å²) in [7, 11) is 0. The predicted molar refractivity (Wildman–Crippen MR) is 79.6 cm³/mol. The lowest BCUT2D eigenvalue weighted by molar-refractivity contribution is 0.0734. The molecule has 0 amide bonds. The lowest BCUT2D eigenvalue weighted by atomic mass is 10.0. The first-order valence-electron chi connectivity index (χ1n) is 7.59. The van der Waals surface area contributed by atoms with Gasteiger partial charge in [-0.2, -0.15) is 0 Å². The monoisotopic (exact) mass is 276 g/mol. The van der Waals surface area contributed by atoms with Crippen LogP contribution in [0, 0.1) is 11.8 Å². The molecule has 110 valence electrons. The van der Waals surface area contributed by atoms with Crippen molar-refractivity contribution in [3.8, 4) is 5.75 Å². The molecule has 0 bridgehead atoms. The van der Waals surface area contributed by atoms with Gasteiger partial charge in [0.2, 0.25) is 0 Å². The maximum atomic E-state index is 10.1. The molecule has 3 rings (SSSR count). The van der Waals surface area contributed by atoms with E-state index < -0.39 is 6.10 Å². The molecule has 1 aromatic rings. The molecule has 0 spiro atoms. The molecule has 1 saturated carbocycles. The number of ether oxygens (including phenoxy) is 1. The first kappa shape index (κ1) is 13.7. The Labute approximate surface area is 120 Å². The van der Waals surface area contributed by atoms with E-state index in [9.17, 15) is 5.11 Å². The zero-order valence-corrected chi connectivity index (χ0v) is 11.9. The van der Waals surface area contributed by atoms with E-state index in [1.54, 1.807) is 6.07 Å². The number of nitrogens with zero attached hydrogens (tertiary/aromatic N) is 1. The topological polar surface area (TPSA) is 58.7 Å². The molecule has 0 radical (unpaired) electrons. The number of nitrogens with two attached hydrogens (primary N) is 1. The van der Waals surface area contributed by atoms with Gasteiger partial charge < -0.3 is 20.5 Å². The van der Waals surface area contributed by atoms with Gasteiger partial charge in [-0.25, -0.2) is 0 Å². The average molecular weight is 276 g/mol. The summed E-state index contributed by atoms with van der Waals surface area (Å²) in [5, 5.41) is 10.1. The fourth-order valence-corrected chi connectivity index (χ4v) is 3.63. The summed E-state index contributed by atoms with van der Waals surface area (Å²) in [6.45, 7) is 3.35. The standard InChI is InChI=1S/C16H24N2O2/c17-14-5-2-6-16(7-14)20-11-15(19)10-18-8-12-3-1-4-13(12)9-18/h2,5-7,12-13,15,19H,1,3-4,8-11,17H2. The maximum Gasteiger partial charge on any atom is 0.121 e. The minimum atomic E-state index is -0.435. The third-order valence-corrected chi connectivity index (χ3v) is 4.57. The quantitative estimate of drug-likeness (QED) is 0.804. The summed E-state index contributed by atoms with van der Waals surface area (Å²) in [4.78, 5) is 2.39. The molecule has 3 N–H and O–H groups in total. The zero-order chi connectivity index (χ0) is 13.9. The number of fused-ring (bicyclic) bond motifs is 1. The van der Waals surface area contributed by atoms with Crippen LogP contribution in [0.25, 0.3) is 0 Å². The Hall–Kier alpha value is -1.26. The number of rotatable bonds is 5. The second-order valence-corrected chi connectivity index (χ2v) is 6.21. The van der Waals surface area contributed by atoms with Crippen LogP contribution >= 0.6 is 0 Å². The molecule has 4 heteroatoms. The van der Waals surface area contributed by atoms with Crippen LogP contribution in [0.4, 0.5) is 5.69 Å². The molecule has 3 unspecified atom stereocenters. The van der Waals surface area contributed by atoms with Crippen LogP contribution in [0.5, 0.6) is 5.75 Å². The van der Waals surface area contributed by atoms with E-state index >= 15 is 0 Å². The van der Waals surface area contributed by atoms with Gasteiger partial charge in [0.1, 0.15) is 18.5 Å². The molecular weight excluding hydrogens is 252 g/mol. The van der Waals surface area contributed by atoms with E-state index in [1.165, 1.54) is 19.3 Å². The predicted octanol–water partition coefficient (Wildman–Crippen LogP) is 1.74. The summed E-state index contributed by atoms with van der Waals surface area (Å²) in [6.07, 6.45) is 3.70. The van der Waals surface area contributed by atoms with E-state index in [0.717, 1.165) is 37.2 Å². The van der Waals surface area contributed by atoms with Gasteiger partial charge in [0, 0.05) is 31.4 Å². The molecule has 3 atom stereocenters. The van der Waals surface area contributed by atoms with Gasteiger partial charge in [-0.3, -0.25) is 0 Å². The lowest BCUT2D eigenvalue weighted by Gasteiger charge is -2.21. The van der Waals surface area contributed by atoms with E-state index in [2.05, 4.69) is 4.90 Å². The van der Waals surface area contributed by atoms with E-state index in [4.69, 9.17) is 10.5 Å². The normalized spacial score (nSPS) is 27.4. The Morgan fingerprint density at radius 1 is 1.30 bits per heavy atom. The third kappa shape index (κ3) is 3.25.